The first-order valence-electron chi connectivity index (χ1n) is 8.06. The van der Waals surface area contributed by atoms with Gasteiger partial charge in [0.05, 0.1) is 12.1 Å². The molecule has 0 saturated carbocycles. The van der Waals surface area contributed by atoms with Gasteiger partial charge in [-0.1, -0.05) is 30.0 Å². The lowest BCUT2D eigenvalue weighted by Gasteiger charge is -2.08. The van der Waals surface area contributed by atoms with Crippen molar-refractivity contribution in [2.75, 3.05) is 19.8 Å². The molecular formula is C20H18F3NO3. The maximum absolute atomic E-state index is 12.6. The molecule has 0 atom stereocenters. The van der Waals surface area contributed by atoms with Gasteiger partial charge in [-0.05, 0) is 42.8 Å². The number of aryl methyl sites for hydroxylation is 1. The van der Waals surface area contributed by atoms with Crippen molar-refractivity contribution < 1.29 is 27.4 Å². The van der Waals surface area contributed by atoms with Crippen molar-refractivity contribution in [3.8, 4) is 23.3 Å². The zero-order valence-electron chi connectivity index (χ0n) is 14.6. The number of nitrogens with one attached hydrogen (secondary N) is 1. The van der Waals surface area contributed by atoms with E-state index in [9.17, 15) is 18.0 Å². The first kappa shape index (κ1) is 20.2. The van der Waals surface area contributed by atoms with Gasteiger partial charge in [-0.2, -0.15) is 13.2 Å². The van der Waals surface area contributed by atoms with Gasteiger partial charge in [-0.15, -0.1) is 0 Å². The van der Waals surface area contributed by atoms with Crippen LogP contribution in [-0.4, -0.2) is 25.7 Å². The Morgan fingerprint density at radius 1 is 1.04 bits per heavy atom. The van der Waals surface area contributed by atoms with Gasteiger partial charge in [0.15, 0.2) is 6.61 Å². The van der Waals surface area contributed by atoms with Gasteiger partial charge in [0.1, 0.15) is 18.1 Å². The molecule has 142 valence electrons. The van der Waals surface area contributed by atoms with E-state index >= 15 is 0 Å². The minimum absolute atomic E-state index is 0.0784. The van der Waals surface area contributed by atoms with E-state index in [2.05, 4.69) is 17.2 Å². The number of hydrogen-bond donors (Lipinski definition) is 1. The number of ether oxygens (including phenoxy) is 2. The van der Waals surface area contributed by atoms with Crippen LogP contribution >= 0.6 is 0 Å². The molecule has 0 aliphatic rings. The molecule has 0 fully saturated rings. The summed E-state index contributed by atoms with van der Waals surface area (Å²) in [7, 11) is 0. The van der Waals surface area contributed by atoms with Crippen LogP contribution in [0.5, 0.6) is 11.5 Å². The first-order valence-corrected chi connectivity index (χ1v) is 8.06. The van der Waals surface area contributed by atoms with Crippen molar-refractivity contribution in [2.45, 2.75) is 13.1 Å². The molecule has 2 aromatic rings. The summed E-state index contributed by atoms with van der Waals surface area (Å²) in [6, 6.07) is 11.9. The lowest BCUT2D eigenvalue weighted by Crippen LogP contribution is -2.29. The Hall–Kier alpha value is -3.14. The lowest BCUT2D eigenvalue weighted by molar-refractivity contribution is -0.137. The second-order valence-electron chi connectivity index (χ2n) is 5.55. The van der Waals surface area contributed by atoms with E-state index in [1.54, 1.807) is 6.07 Å². The zero-order chi connectivity index (χ0) is 19.7. The Kier molecular flexibility index (Phi) is 7.12. The normalized spacial score (nSPS) is 10.5. The predicted molar refractivity (Wildman–Crippen MR) is 94.4 cm³/mol. The second-order valence-corrected chi connectivity index (χ2v) is 5.55. The molecule has 4 nitrogen and oxygen atoms in total. The third-order valence-corrected chi connectivity index (χ3v) is 3.33. The number of halogens is 3. The van der Waals surface area contributed by atoms with Crippen molar-refractivity contribution in [3.05, 3.63) is 59.7 Å². The SMILES string of the molecule is Cc1cccc(OCC(=O)NCC#CCOc2cccc(C(F)(F)F)c2)c1. The van der Waals surface area contributed by atoms with E-state index in [0.29, 0.717) is 5.75 Å². The van der Waals surface area contributed by atoms with E-state index in [4.69, 9.17) is 9.47 Å². The zero-order valence-corrected chi connectivity index (χ0v) is 14.6. The molecule has 0 unspecified atom stereocenters. The summed E-state index contributed by atoms with van der Waals surface area (Å²) < 4.78 is 48.3. The molecular weight excluding hydrogens is 359 g/mol. The molecule has 0 saturated heterocycles. The molecule has 0 spiro atoms. The van der Waals surface area contributed by atoms with Gasteiger partial charge in [-0.25, -0.2) is 0 Å². The van der Waals surface area contributed by atoms with Crippen LogP contribution in [0.3, 0.4) is 0 Å². The highest BCUT2D eigenvalue weighted by Crippen LogP contribution is 2.31. The lowest BCUT2D eigenvalue weighted by atomic mass is 10.2. The molecule has 0 radical (unpaired) electrons. The van der Waals surface area contributed by atoms with Crippen molar-refractivity contribution in [1.82, 2.24) is 5.32 Å². The fourth-order valence-electron chi connectivity index (χ4n) is 2.04. The molecule has 2 rings (SSSR count). The Bertz CT molecular complexity index is 838. The van der Waals surface area contributed by atoms with Crippen LogP contribution in [0.4, 0.5) is 13.2 Å². The van der Waals surface area contributed by atoms with Crippen LogP contribution in [0.1, 0.15) is 11.1 Å². The summed E-state index contributed by atoms with van der Waals surface area (Å²) in [6.07, 6.45) is -4.42. The number of alkyl halides is 3. The number of carbonyl (C=O) groups excluding carboxylic acids is 1. The van der Waals surface area contributed by atoms with Gasteiger partial charge in [-0.3, -0.25) is 4.79 Å². The number of rotatable bonds is 6. The van der Waals surface area contributed by atoms with Crippen molar-refractivity contribution in [2.24, 2.45) is 0 Å². The van der Waals surface area contributed by atoms with Gasteiger partial charge < -0.3 is 14.8 Å². The van der Waals surface area contributed by atoms with Gasteiger partial charge in [0.2, 0.25) is 0 Å². The summed E-state index contributed by atoms with van der Waals surface area (Å²) in [5, 5.41) is 2.55. The summed E-state index contributed by atoms with van der Waals surface area (Å²) in [4.78, 5) is 11.6. The molecule has 7 heteroatoms. The van der Waals surface area contributed by atoms with Gasteiger partial charge >= 0.3 is 6.18 Å². The van der Waals surface area contributed by atoms with Crippen molar-refractivity contribution in [3.63, 3.8) is 0 Å². The first-order chi connectivity index (χ1) is 12.8. The molecule has 0 aromatic heterocycles. The Morgan fingerprint density at radius 2 is 1.74 bits per heavy atom. The molecule has 0 heterocycles. The highest BCUT2D eigenvalue weighted by atomic mass is 19.4. The molecule has 0 aliphatic carbocycles. The number of hydrogen-bond acceptors (Lipinski definition) is 3. The van der Waals surface area contributed by atoms with Crippen LogP contribution in [0.25, 0.3) is 0 Å². The number of benzene rings is 2. The minimum atomic E-state index is -4.42. The van der Waals surface area contributed by atoms with E-state index in [-0.39, 0.29) is 31.4 Å². The topological polar surface area (TPSA) is 47.6 Å². The van der Waals surface area contributed by atoms with Crippen molar-refractivity contribution in [1.29, 1.82) is 0 Å². The smallest absolute Gasteiger partial charge is 0.416 e. The van der Waals surface area contributed by atoms with Crippen molar-refractivity contribution >= 4 is 5.91 Å². The van der Waals surface area contributed by atoms with Gasteiger partial charge in [0, 0.05) is 0 Å². The average molecular weight is 377 g/mol. The summed E-state index contributed by atoms with van der Waals surface area (Å²) in [5.74, 6) is 5.63. The fourth-order valence-corrected chi connectivity index (χ4v) is 2.04. The Balaban J connectivity index is 1.68. The second kappa shape index (κ2) is 9.53. The summed E-state index contributed by atoms with van der Waals surface area (Å²) in [6.45, 7) is 1.79. The third kappa shape index (κ3) is 7.32. The standard InChI is InChI=1S/C20H18F3NO3/c1-15-6-4-8-17(12-15)27-14-19(25)24-10-2-3-11-26-18-9-5-7-16(13-18)20(21,22)23/h4-9,12-13H,10-11,14H2,1H3,(H,24,25). The van der Waals surface area contributed by atoms with Crippen LogP contribution in [0.15, 0.2) is 48.5 Å². The fraction of sp³-hybridized carbons (Fsp3) is 0.250. The molecule has 0 bridgehead atoms. The highest BCUT2D eigenvalue weighted by molar-refractivity contribution is 5.77. The maximum Gasteiger partial charge on any atom is 0.416 e. The van der Waals surface area contributed by atoms with Crippen LogP contribution in [0, 0.1) is 18.8 Å². The monoisotopic (exact) mass is 377 g/mol. The maximum atomic E-state index is 12.6. The number of carbonyl (C=O) groups is 1. The Labute approximate surface area is 155 Å². The Morgan fingerprint density at radius 3 is 2.44 bits per heavy atom. The van der Waals surface area contributed by atoms with E-state index < -0.39 is 11.7 Å². The van der Waals surface area contributed by atoms with E-state index in [1.807, 2.05) is 25.1 Å². The van der Waals surface area contributed by atoms with Gasteiger partial charge in [0.25, 0.3) is 5.91 Å². The van der Waals surface area contributed by atoms with E-state index in [0.717, 1.165) is 17.7 Å². The summed E-state index contributed by atoms with van der Waals surface area (Å²) >= 11 is 0. The average Bonchev–Trinajstić information content (AvgIpc) is 2.62. The summed E-state index contributed by atoms with van der Waals surface area (Å²) in [5.41, 5.74) is 0.244. The quantitative estimate of drug-likeness (QED) is 0.783. The van der Waals surface area contributed by atoms with E-state index in [1.165, 1.54) is 12.1 Å². The molecule has 1 N–H and O–H groups in total. The predicted octanol–water partition coefficient (Wildman–Crippen LogP) is 3.59. The largest absolute Gasteiger partial charge is 0.484 e. The molecule has 2 aromatic carbocycles. The molecule has 1 amide bonds. The van der Waals surface area contributed by atoms with Crippen LogP contribution < -0.4 is 14.8 Å². The molecule has 0 aliphatic heterocycles. The highest BCUT2D eigenvalue weighted by Gasteiger charge is 2.30. The third-order valence-electron chi connectivity index (χ3n) is 3.33. The minimum Gasteiger partial charge on any atom is -0.484 e. The van der Waals surface area contributed by atoms with Crippen LogP contribution in [-0.2, 0) is 11.0 Å². The van der Waals surface area contributed by atoms with Crippen LogP contribution in [0.2, 0.25) is 0 Å². The molecule has 27 heavy (non-hydrogen) atoms. The number of amides is 1.